The van der Waals surface area contributed by atoms with Crippen molar-refractivity contribution in [2.45, 2.75) is 37.8 Å². The minimum absolute atomic E-state index is 0.257. The monoisotopic (exact) mass is 459 g/mol. The summed E-state index contributed by atoms with van der Waals surface area (Å²) in [6, 6.07) is 12.2. The molecule has 0 aliphatic heterocycles. The van der Waals surface area contributed by atoms with Crippen molar-refractivity contribution in [3.8, 4) is 0 Å². The highest BCUT2D eigenvalue weighted by Gasteiger charge is 2.21. The number of imidazole rings is 1. The molecule has 0 bridgehead atoms. The molecule has 1 fully saturated rings. The Bertz CT molecular complexity index is 1210. The number of nitrogens with zero attached hydrogens (tertiary/aromatic N) is 5. The fraction of sp³-hybridized carbons (Fsp3) is 0.292. The lowest BCUT2D eigenvalue weighted by molar-refractivity contribution is 0.0970. The topological polar surface area (TPSA) is 134 Å². The van der Waals surface area contributed by atoms with Crippen LogP contribution < -0.4 is 21.7 Å². The number of carbonyl (C=O) groups is 1. The molecule has 1 saturated carbocycles. The molecular weight excluding hydrogens is 430 g/mol. The van der Waals surface area contributed by atoms with Gasteiger partial charge < -0.3 is 21.7 Å². The average Bonchev–Trinajstić information content (AvgIpc) is 3.28. The second-order valence-corrected chi connectivity index (χ2v) is 8.13. The summed E-state index contributed by atoms with van der Waals surface area (Å²) in [5.74, 6) is 0.613. The van der Waals surface area contributed by atoms with Gasteiger partial charge in [0, 0.05) is 37.1 Å². The van der Waals surface area contributed by atoms with E-state index in [1.54, 1.807) is 17.6 Å². The normalized spacial score (nSPS) is 18.7. The highest BCUT2D eigenvalue weighted by atomic mass is 16.2. The molecule has 0 spiro atoms. The van der Waals surface area contributed by atoms with Crippen LogP contribution in [0, 0.1) is 0 Å². The van der Waals surface area contributed by atoms with Crippen molar-refractivity contribution >= 4 is 41.3 Å². The number of fused-ring (bicyclic) bond motifs is 1. The molecule has 34 heavy (non-hydrogen) atoms. The van der Waals surface area contributed by atoms with E-state index in [9.17, 15) is 4.79 Å². The number of nitrogens with one attached hydrogen (secondary N) is 3. The fourth-order valence-corrected chi connectivity index (χ4v) is 3.91. The zero-order valence-corrected chi connectivity index (χ0v) is 19.1. The van der Waals surface area contributed by atoms with E-state index in [0.717, 1.165) is 37.1 Å². The summed E-state index contributed by atoms with van der Waals surface area (Å²) in [5.41, 5.74) is 8.51. The highest BCUT2D eigenvalue weighted by Crippen LogP contribution is 2.26. The van der Waals surface area contributed by atoms with E-state index in [0.29, 0.717) is 17.3 Å². The third-order valence-corrected chi connectivity index (χ3v) is 5.70. The zero-order valence-electron chi connectivity index (χ0n) is 19.1. The molecule has 0 unspecified atom stereocenters. The van der Waals surface area contributed by atoms with Gasteiger partial charge in [-0.2, -0.15) is 0 Å². The van der Waals surface area contributed by atoms with Crippen molar-refractivity contribution in [1.82, 2.24) is 19.9 Å². The second kappa shape index (κ2) is 10.7. The summed E-state index contributed by atoms with van der Waals surface area (Å²) in [5, 5.41) is 14.4. The second-order valence-electron chi connectivity index (χ2n) is 8.13. The third-order valence-electron chi connectivity index (χ3n) is 5.70. The minimum Gasteiger partial charge on any atom is -0.366 e. The van der Waals surface area contributed by atoms with Gasteiger partial charge in [-0.3, -0.25) is 14.8 Å². The number of nitrogens with two attached hydrogens (primary N) is 1. The Morgan fingerprint density at radius 3 is 2.71 bits per heavy atom. The molecule has 2 aromatic heterocycles. The van der Waals surface area contributed by atoms with Gasteiger partial charge in [0.2, 0.25) is 0 Å². The molecule has 0 saturated heterocycles. The van der Waals surface area contributed by atoms with Crippen molar-refractivity contribution in [1.29, 1.82) is 0 Å². The number of aliphatic imine (C=N–C) groups is 2. The van der Waals surface area contributed by atoms with E-state index in [1.807, 2.05) is 36.4 Å². The Hall–Kier alpha value is -4.05. The van der Waals surface area contributed by atoms with Crippen LogP contribution in [0.1, 0.15) is 36.2 Å². The Labute approximate surface area is 198 Å². The lowest BCUT2D eigenvalue weighted by Gasteiger charge is -2.27. The molecule has 1 aliphatic carbocycles. The lowest BCUT2D eigenvalue weighted by atomic mass is 9.92. The van der Waals surface area contributed by atoms with Crippen LogP contribution >= 0.6 is 0 Å². The Kier molecular flexibility index (Phi) is 7.28. The van der Waals surface area contributed by atoms with Gasteiger partial charge >= 0.3 is 0 Å². The highest BCUT2D eigenvalue weighted by molar-refractivity contribution is 6.09. The Morgan fingerprint density at radius 1 is 1.24 bits per heavy atom. The number of carbonyl (C=O) groups excluding carboxylic acids is 1. The summed E-state index contributed by atoms with van der Waals surface area (Å²) in [6.07, 6.45) is 8.40. The molecule has 1 amide bonds. The first-order chi connectivity index (χ1) is 16.6. The predicted octanol–water partition coefficient (Wildman–Crippen LogP) is 3.13. The van der Waals surface area contributed by atoms with Gasteiger partial charge in [0.05, 0.1) is 11.9 Å². The van der Waals surface area contributed by atoms with Crippen LogP contribution in [0.2, 0.25) is 0 Å². The number of benzene rings is 1. The van der Waals surface area contributed by atoms with E-state index in [-0.39, 0.29) is 23.7 Å². The van der Waals surface area contributed by atoms with Gasteiger partial charge in [-0.1, -0.05) is 18.2 Å². The Balaban J connectivity index is 1.68. The molecule has 0 radical (unpaired) electrons. The van der Waals surface area contributed by atoms with Crippen molar-refractivity contribution in [3.05, 3.63) is 60.6 Å². The zero-order chi connectivity index (χ0) is 23.9. The SMILES string of the molecule is C=N/C=C\C(=NC)NC(=O)c1cnc2c(Nc3ccccc3)cc(NC3CCC(N)CC3)nn12. The minimum atomic E-state index is -0.388. The molecule has 0 atom stereocenters. The van der Waals surface area contributed by atoms with Gasteiger partial charge in [0.15, 0.2) is 11.3 Å². The quantitative estimate of drug-likeness (QED) is 0.317. The molecule has 5 N–H and O–H groups in total. The molecule has 10 heteroatoms. The van der Waals surface area contributed by atoms with Crippen LogP contribution in [0.4, 0.5) is 17.2 Å². The lowest BCUT2D eigenvalue weighted by Crippen LogP contribution is -2.33. The van der Waals surface area contributed by atoms with E-state index < -0.39 is 0 Å². The maximum absolute atomic E-state index is 13.0. The maximum atomic E-state index is 13.0. The van der Waals surface area contributed by atoms with Crippen molar-refractivity contribution < 1.29 is 4.79 Å². The van der Waals surface area contributed by atoms with Gasteiger partial charge in [-0.25, -0.2) is 9.50 Å². The van der Waals surface area contributed by atoms with Crippen LogP contribution in [0.25, 0.3) is 5.65 Å². The van der Waals surface area contributed by atoms with Crippen molar-refractivity contribution in [3.63, 3.8) is 0 Å². The number of anilines is 3. The van der Waals surface area contributed by atoms with Crippen LogP contribution in [0.3, 0.4) is 0 Å². The maximum Gasteiger partial charge on any atom is 0.277 e. The summed E-state index contributed by atoms with van der Waals surface area (Å²) in [4.78, 5) is 25.2. The number of rotatable bonds is 7. The van der Waals surface area contributed by atoms with Crippen molar-refractivity contribution in [2.75, 3.05) is 17.7 Å². The first-order valence-corrected chi connectivity index (χ1v) is 11.2. The van der Waals surface area contributed by atoms with Crippen LogP contribution in [0.15, 0.2) is 64.9 Å². The number of hydrogen-bond acceptors (Lipinski definition) is 8. The number of para-hydroxylation sites is 1. The summed E-state index contributed by atoms with van der Waals surface area (Å²) >= 11 is 0. The van der Waals surface area contributed by atoms with E-state index >= 15 is 0 Å². The first-order valence-electron chi connectivity index (χ1n) is 11.2. The number of aromatic nitrogens is 3. The smallest absolute Gasteiger partial charge is 0.277 e. The summed E-state index contributed by atoms with van der Waals surface area (Å²) in [6.45, 7) is 3.39. The first kappa shape index (κ1) is 23.1. The van der Waals surface area contributed by atoms with Gasteiger partial charge in [0.25, 0.3) is 5.91 Å². The van der Waals surface area contributed by atoms with Crippen LogP contribution in [-0.2, 0) is 0 Å². The molecule has 4 rings (SSSR count). The average molecular weight is 460 g/mol. The van der Waals surface area contributed by atoms with E-state index in [1.165, 1.54) is 12.4 Å². The van der Waals surface area contributed by atoms with Crippen LogP contribution in [-0.4, -0.2) is 52.2 Å². The number of amidine groups is 1. The van der Waals surface area contributed by atoms with Gasteiger partial charge in [-0.15, -0.1) is 5.10 Å². The molecule has 176 valence electrons. The molecule has 1 aliphatic rings. The molecule has 10 nitrogen and oxygen atoms in total. The predicted molar refractivity (Wildman–Crippen MR) is 136 cm³/mol. The Morgan fingerprint density at radius 2 is 2.00 bits per heavy atom. The van der Waals surface area contributed by atoms with E-state index in [2.05, 4.69) is 37.6 Å². The van der Waals surface area contributed by atoms with E-state index in [4.69, 9.17) is 10.8 Å². The van der Waals surface area contributed by atoms with Gasteiger partial charge in [0.1, 0.15) is 11.7 Å². The summed E-state index contributed by atoms with van der Waals surface area (Å²) < 4.78 is 1.54. The van der Waals surface area contributed by atoms with Gasteiger partial charge in [-0.05, 0) is 50.6 Å². The molecular formula is C24H29N9O. The fourth-order valence-electron chi connectivity index (χ4n) is 3.91. The molecule has 3 aromatic rings. The van der Waals surface area contributed by atoms with Crippen LogP contribution in [0.5, 0.6) is 0 Å². The summed E-state index contributed by atoms with van der Waals surface area (Å²) in [7, 11) is 1.58. The third kappa shape index (κ3) is 5.46. The molecule has 1 aromatic carbocycles. The number of hydrogen-bond donors (Lipinski definition) is 4. The number of amides is 1. The van der Waals surface area contributed by atoms with Crippen molar-refractivity contribution in [2.24, 2.45) is 15.7 Å². The molecule has 2 heterocycles. The standard InChI is InChI=1S/C24H29N9O/c1-26-13-12-21(27-2)31-24(34)20-15-28-23-19(29-17-6-4-3-5-7-17)14-22(32-33(20)23)30-18-10-8-16(25)9-11-18/h3-7,12-16,18,29H,1,8-11,25H2,2H3,(H,30,32)(H,27,31,34)/b13-12-. The largest absolute Gasteiger partial charge is 0.366 e.